The third kappa shape index (κ3) is 3.12. The SMILES string of the molecule is Nc1c(Cl)cc(C(F)(F)F)cc1NCC1C(=O)C2CCN1CC2. The van der Waals surface area contributed by atoms with Crippen molar-refractivity contribution in [2.24, 2.45) is 5.92 Å². The van der Waals surface area contributed by atoms with Gasteiger partial charge in [0.25, 0.3) is 0 Å². The number of anilines is 2. The largest absolute Gasteiger partial charge is 0.416 e. The molecule has 1 unspecified atom stereocenters. The number of hydrogen-bond acceptors (Lipinski definition) is 4. The smallest absolute Gasteiger partial charge is 0.396 e. The highest BCUT2D eigenvalue weighted by Gasteiger charge is 2.40. The van der Waals surface area contributed by atoms with Gasteiger partial charge in [-0.1, -0.05) is 11.6 Å². The second kappa shape index (κ2) is 5.87. The third-order valence-corrected chi connectivity index (χ3v) is 4.96. The van der Waals surface area contributed by atoms with Crippen molar-refractivity contribution in [3.05, 3.63) is 22.7 Å². The van der Waals surface area contributed by atoms with Crippen LogP contribution in [0.5, 0.6) is 0 Å². The second-order valence-electron chi connectivity index (χ2n) is 6.03. The molecule has 126 valence electrons. The molecule has 0 saturated carbocycles. The number of carbonyl (C=O) groups is 1. The summed E-state index contributed by atoms with van der Waals surface area (Å²) in [5, 5.41) is 2.73. The highest BCUT2D eigenvalue weighted by Crippen LogP contribution is 2.37. The van der Waals surface area contributed by atoms with Gasteiger partial charge in [-0.05, 0) is 38.1 Å². The fourth-order valence-electron chi connectivity index (χ4n) is 3.31. The quantitative estimate of drug-likeness (QED) is 0.825. The van der Waals surface area contributed by atoms with E-state index in [2.05, 4.69) is 10.2 Å². The minimum absolute atomic E-state index is 0.0584. The van der Waals surface area contributed by atoms with Gasteiger partial charge in [0.15, 0.2) is 5.78 Å². The average molecular weight is 348 g/mol. The molecule has 3 aliphatic heterocycles. The molecule has 23 heavy (non-hydrogen) atoms. The molecule has 0 radical (unpaired) electrons. The van der Waals surface area contributed by atoms with Gasteiger partial charge in [0.1, 0.15) is 0 Å². The first-order valence-corrected chi connectivity index (χ1v) is 7.83. The standard InChI is InChI=1S/C15H17ClF3N3O/c16-10-5-9(15(17,18)19)6-11(13(10)20)21-7-12-14(23)8-1-3-22(12)4-2-8/h5-6,8,12,21H,1-4,7,20H2. The molecule has 3 heterocycles. The number of fused-ring (bicyclic) bond motifs is 3. The summed E-state index contributed by atoms with van der Waals surface area (Å²) in [4.78, 5) is 14.3. The van der Waals surface area contributed by atoms with Gasteiger partial charge in [-0.3, -0.25) is 9.69 Å². The zero-order valence-electron chi connectivity index (χ0n) is 12.3. The fourth-order valence-corrected chi connectivity index (χ4v) is 3.53. The second-order valence-corrected chi connectivity index (χ2v) is 6.43. The molecule has 3 N–H and O–H groups in total. The van der Waals surface area contributed by atoms with Gasteiger partial charge in [0.05, 0.1) is 28.0 Å². The Morgan fingerprint density at radius 3 is 2.52 bits per heavy atom. The summed E-state index contributed by atoms with van der Waals surface area (Å²) in [7, 11) is 0. The molecule has 4 nitrogen and oxygen atoms in total. The number of hydrogen-bond donors (Lipinski definition) is 2. The highest BCUT2D eigenvalue weighted by molar-refractivity contribution is 6.33. The Kier molecular flexibility index (Phi) is 4.18. The molecule has 1 aromatic carbocycles. The number of benzene rings is 1. The number of nitrogens with one attached hydrogen (secondary N) is 1. The van der Waals surface area contributed by atoms with E-state index in [1.54, 1.807) is 0 Å². The van der Waals surface area contributed by atoms with Gasteiger partial charge in [0.2, 0.25) is 0 Å². The maximum atomic E-state index is 12.9. The summed E-state index contributed by atoms with van der Waals surface area (Å²) in [6.45, 7) is 1.93. The lowest BCUT2D eigenvalue weighted by atomic mass is 9.82. The van der Waals surface area contributed by atoms with E-state index >= 15 is 0 Å². The molecule has 0 spiro atoms. The van der Waals surface area contributed by atoms with Gasteiger partial charge in [-0.15, -0.1) is 0 Å². The summed E-state index contributed by atoms with van der Waals surface area (Å²) < 4.78 is 38.6. The van der Waals surface area contributed by atoms with E-state index in [1.807, 2.05) is 0 Å². The summed E-state index contributed by atoms with van der Waals surface area (Å²) in [5.41, 5.74) is 5.07. The van der Waals surface area contributed by atoms with Crippen molar-refractivity contribution in [2.75, 3.05) is 30.7 Å². The van der Waals surface area contributed by atoms with E-state index in [0.717, 1.165) is 38.1 Å². The number of nitrogens with zero attached hydrogens (tertiary/aromatic N) is 1. The molecule has 0 amide bonds. The predicted molar refractivity (Wildman–Crippen MR) is 82.4 cm³/mol. The summed E-state index contributed by atoms with van der Waals surface area (Å²) in [5.74, 6) is 0.237. The molecule has 3 aliphatic rings. The molecule has 3 fully saturated rings. The van der Waals surface area contributed by atoms with Crippen LogP contribution in [0.2, 0.25) is 5.02 Å². The van der Waals surface area contributed by atoms with Crippen molar-refractivity contribution in [3.8, 4) is 0 Å². The molecule has 8 heteroatoms. The molecule has 1 aromatic rings. The lowest BCUT2D eigenvalue weighted by Crippen LogP contribution is -2.57. The summed E-state index contributed by atoms with van der Waals surface area (Å²) in [6, 6.07) is 1.43. The van der Waals surface area contributed by atoms with Crippen molar-refractivity contribution in [1.82, 2.24) is 4.90 Å². The molecule has 3 saturated heterocycles. The van der Waals surface area contributed by atoms with Crippen molar-refractivity contribution in [2.45, 2.75) is 25.1 Å². The lowest BCUT2D eigenvalue weighted by Gasteiger charge is -2.44. The van der Waals surface area contributed by atoms with Gasteiger partial charge in [-0.2, -0.15) is 13.2 Å². The van der Waals surface area contributed by atoms with Crippen LogP contribution in [0.25, 0.3) is 0 Å². The summed E-state index contributed by atoms with van der Waals surface area (Å²) >= 11 is 5.80. The Morgan fingerprint density at radius 2 is 1.96 bits per heavy atom. The number of alkyl halides is 3. The molecule has 4 rings (SSSR count). The number of nitrogen functional groups attached to an aromatic ring is 1. The van der Waals surface area contributed by atoms with Crippen molar-refractivity contribution in [1.29, 1.82) is 0 Å². The topological polar surface area (TPSA) is 58.4 Å². The maximum Gasteiger partial charge on any atom is 0.416 e. The molecule has 1 atom stereocenters. The lowest BCUT2D eigenvalue weighted by molar-refractivity contribution is -0.138. The first-order chi connectivity index (χ1) is 10.8. The number of ketones is 1. The van der Waals surface area contributed by atoms with Gasteiger partial charge in [0, 0.05) is 12.5 Å². The number of Topliss-reactive ketones (excluding diaryl/α,β-unsaturated/α-hetero) is 1. The summed E-state index contributed by atoms with van der Waals surface area (Å²) in [6.07, 6.45) is -2.77. The van der Waals surface area contributed by atoms with E-state index in [4.69, 9.17) is 17.3 Å². The van der Waals surface area contributed by atoms with Crippen LogP contribution >= 0.6 is 11.6 Å². The van der Waals surface area contributed by atoms with E-state index in [0.29, 0.717) is 0 Å². The molecular formula is C15H17ClF3N3O. The van der Waals surface area contributed by atoms with Crippen LogP contribution in [0.4, 0.5) is 24.5 Å². The molecule has 0 aliphatic carbocycles. The molecule has 0 aromatic heterocycles. The van der Waals surface area contributed by atoms with Crippen molar-refractivity contribution in [3.63, 3.8) is 0 Å². The van der Waals surface area contributed by atoms with E-state index in [1.165, 1.54) is 0 Å². The highest BCUT2D eigenvalue weighted by atomic mass is 35.5. The van der Waals surface area contributed by atoms with Crippen LogP contribution in [0.15, 0.2) is 12.1 Å². The maximum absolute atomic E-state index is 12.9. The average Bonchev–Trinajstić information content (AvgIpc) is 2.50. The number of carbonyl (C=O) groups excluding carboxylic acids is 1. The van der Waals surface area contributed by atoms with Gasteiger partial charge < -0.3 is 11.1 Å². The van der Waals surface area contributed by atoms with Crippen molar-refractivity contribution >= 4 is 28.8 Å². The fraction of sp³-hybridized carbons (Fsp3) is 0.533. The van der Waals surface area contributed by atoms with Gasteiger partial charge in [-0.25, -0.2) is 0 Å². The number of piperidine rings is 3. The Labute approximate surface area is 136 Å². The normalized spacial score (nSPS) is 27.3. The van der Waals surface area contributed by atoms with Crippen LogP contribution in [0.1, 0.15) is 18.4 Å². The van der Waals surface area contributed by atoms with E-state index in [-0.39, 0.29) is 40.7 Å². The Morgan fingerprint density at radius 1 is 1.30 bits per heavy atom. The van der Waals surface area contributed by atoms with Crippen LogP contribution < -0.4 is 11.1 Å². The minimum atomic E-state index is -4.50. The van der Waals surface area contributed by atoms with Crippen LogP contribution in [0.3, 0.4) is 0 Å². The molecule has 2 bridgehead atoms. The van der Waals surface area contributed by atoms with Crippen LogP contribution in [-0.2, 0) is 11.0 Å². The first-order valence-electron chi connectivity index (χ1n) is 7.45. The van der Waals surface area contributed by atoms with Crippen LogP contribution in [0, 0.1) is 5.92 Å². The Balaban J connectivity index is 1.78. The first kappa shape index (κ1) is 16.4. The number of rotatable bonds is 3. The zero-order chi connectivity index (χ0) is 16.8. The monoisotopic (exact) mass is 347 g/mol. The zero-order valence-corrected chi connectivity index (χ0v) is 13.0. The van der Waals surface area contributed by atoms with Crippen LogP contribution in [-0.4, -0.2) is 36.4 Å². The van der Waals surface area contributed by atoms with E-state index < -0.39 is 11.7 Å². The Hall–Kier alpha value is -1.47. The van der Waals surface area contributed by atoms with Crippen molar-refractivity contribution < 1.29 is 18.0 Å². The van der Waals surface area contributed by atoms with E-state index in [9.17, 15) is 18.0 Å². The number of nitrogens with two attached hydrogens (primary N) is 1. The third-order valence-electron chi connectivity index (χ3n) is 4.64. The minimum Gasteiger partial charge on any atom is -0.396 e. The number of halogens is 4. The Bertz CT molecular complexity index is 627. The predicted octanol–water partition coefficient (Wildman–Crippen LogP) is 3.02. The molecular weight excluding hydrogens is 331 g/mol. The van der Waals surface area contributed by atoms with Gasteiger partial charge >= 0.3 is 6.18 Å².